The van der Waals surface area contributed by atoms with Gasteiger partial charge < -0.3 is 10.6 Å². The third kappa shape index (κ3) is 6.83. The molecule has 0 heterocycles. The molecular formula is C13H28N2O. The molecule has 0 aliphatic carbocycles. The van der Waals surface area contributed by atoms with Crippen molar-refractivity contribution in [3.63, 3.8) is 0 Å². The molecule has 3 nitrogen and oxygen atoms in total. The summed E-state index contributed by atoms with van der Waals surface area (Å²) in [4.78, 5) is 11.9. The maximum Gasteiger partial charge on any atom is 0.224 e. The van der Waals surface area contributed by atoms with Gasteiger partial charge in [0.1, 0.15) is 0 Å². The molecule has 3 heteroatoms. The molecule has 0 aliphatic rings. The van der Waals surface area contributed by atoms with E-state index in [0.29, 0.717) is 0 Å². The number of carbonyl (C=O) groups excluding carboxylic acids is 1. The first kappa shape index (κ1) is 15.4. The smallest absolute Gasteiger partial charge is 0.224 e. The first-order valence-corrected chi connectivity index (χ1v) is 6.04. The quantitative estimate of drug-likeness (QED) is 0.757. The van der Waals surface area contributed by atoms with E-state index in [1.165, 1.54) is 0 Å². The number of nitrogens with one attached hydrogen (secondary N) is 2. The molecule has 0 bridgehead atoms. The minimum absolute atomic E-state index is 0.0178. The molecule has 0 radical (unpaired) electrons. The number of amides is 1. The average Bonchev–Trinajstić information content (AvgIpc) is 1.98. The highest BCUT2D eigenvalue weighted by Gasteiger charge is 2.28. The summed E-state index contributed by atoms with van der Waals surface area (Å²) in [5.74, 6) is 0.146. The average molecular weight is 228 g/mol. The molecule has 1 atom stereocenters. The minimum atomic E-state index is -0.142. The van der Waals surface area contributed by atoms with E-state index in [4.69, 9.17) is 0 Å². The summed E-state index contributed by atoms with van der Waals surface area (Å²) < 4.78 is 0. The Hall–Kier alpha value is -0.570. The van der Waals surface area contributed by atoms with Gasteiger partial charge in [0, 0.05) is 18.0 Å². The van der Waals surface area contributed by atoms with Crippen molar-refractivity contribution in [2.24, 2.45) is 11.3 Å². The van der Waals surface area contributed by atoms with Crippen LogP contribution in [-0.2, 0) is 4.79 Å². The molecule has 16 heavy (non-hydrogen) atoms. The Labute approximate surface area is 100 Å². The Morgan fingerprint density at radius 3 is 2.06 bits per heavy atom. The summed E-state index contributed by atoms with van der Waals surface area (Å²) in [7, 11) is 1.87. The van der Waals surface area contributed by atoms with Gasteiger partial charge in [0.05, 0.1) is 0 Å². The van der Waals surface area contributed by atoms with Crippen molar-refractivity contribution in [2.75, 3.05) is 13.6 Å². The molecule has 0 aromatic rings. The summed E-state index contributed by atoms with van der Waals surface area (Å²) >= 11 is 0. The zero-order valence-electron chi connectivity index (χ0n) is 11.9. The second-order valence-corrected chi connectivity index (χ2v) is 6.57. The first-order chi connectivity index (χ1) is 7.07. The van der Waals surface area contributed by atoms with E-state index < -0.39 is 0 Å². The van der Waals surface area contributed by atoms with E-state index in [1.54, 1.807) is 0 Å². The van der Waals surface area contributed by atoms with E-state index in [2.05, 4.69) is 45.3 Å². The number of hydrogen-bond donors (Lipinski definition) is 2. The fraction of sp³-hybridized carbons (Fsp3) is 0.923. The van der Waals surface area contributed by atoms with Gasteiger partial charge in [-0.1, -0.05) is 27.7 Å². The normalized spacial score (nSPS) is 14.7. The van der Waals surface area contributed by atoms with Crippen molar-refractivity contribution in [3.05, 3.63) is 0 Å². The van der Waals surface area contributed by atoms with Crippen LogP contribution in [0.25, 0.3) is 0 Å². The van der Waals surface area contributed by atoms with Crippen LogP contribution in [0.3, 0.4) is 0 Å². The Balaban J connectivity index is 4.30. The molecule has 2 N–H and O–H groups in total. The monoisotopic (exact) mass is 228 g/mol. The minimum Gasteiger partial charge on any atom is -0.351 e. The van der Waals surface area contributed by atoms with Crippen LogP contribution in [0.5, 0.6) is 0 Å². The van der Waals surface area contributed by atoms with E-state index in [9.17, 15) is 4.79 Å². The molecule has 0 rings (SSSR count). The topological polar surface area (TPSA) is 41.1 Å². The largest absolute Gasteiger partial charge is 0.351 e. The summed E-state index contributed by atoms with van der Waals surface area (Å²) in [5, 5.41) is 6.14. The Morgan fingerprint density at radius 2 is 1.69 bits per heavy atom. The van der Waals surface area contributed by atoms with Crippen LogP contribution < -0.4 is 10.6 Å². The highest BCUT2D eigenvalue weighted by Crippen LogP contribution is 2.26. The van der Waals surface area contributed by atoms with Crippen LogP contribution in [0.1, 0.15) is 48.0 Å². The van der Waals surface area contributed by atoms with E-state index in [-0.39, 0.29) is 22.8 Å². The molecule has 0 aromatic carbocycles. The SMILES string of the molecule is CNCC(C)C(=O)NC(C)(C)CC(C)(C)C. The zero-order chi connectivity index (χ0) is 13.0. The fourth-order valence-electron chi connectivity index (χ4n) is 2.23. The van der Waals surface area contributed by atoms with Gasteiger partial charge in [-0.05, 0) is 32.7 Å². The van der Waals surface area contributed by atoms with Gasteiger partial charge in [-0.3, -0.25) is 4.79 Å². The third-order valence-corrected chi connectivity index (χ3v) is 2.39. The molecule has 0 saturated heterocycles. The van der Waals surface area contributed by atoms with Crippen LogP contribution >= 0.6 is 0 Å². The molecule has 1 unspecified atom stereocenters. The first-order valence-electron chi connectivity index (χ1n) is 6.04. The lowest BCUT2D eigenvalue weighted by atomic mass is 9.81. The van der Waals surface area contributed by atoms with Crippen molar-refractivity contribution in [3.8, 4) is 0 Å². The summed E-state index contributed by atoms with van der Waals surface area (Å²) in [6.07, 6.45) is 0.970. The Morgan fingerprint density at radius 1 is 1.19 bits per heavy atom. The van der Waals surface area contributed by atoms with Crippen molar-refractivity contribution in [2.45, 2.75) is 53.5 Å². The van der Waals surface area contributed by atoms with Crippen molar-refractivity contribution in [1.82, 2.24) is 10.6 Å². The molecular weight excluding hydrogens is 200 g/mol. The van der Waals surface area contributed by atoms with Crippen LogP contribution in [0, 0.1) is 11.3 Å². The predicted molar refractivity (Wildman–Crippen MR) is 69.4 cm³/mol. The number of carbonyl (C=O) groups is 1. The van der Waals surface area contributed by atoms with Gasteiger partial charge in [-0.15, -0.1) is 0 Å². The summed E-state index contributed by atoms with van der Waals surface area (Å²) in [6, 6.07) is 0. The van der Waals surface area contributed by atoms with Crippen molar-refractivity contribution in [1.29, 1.82) is 0 Å². The summed E-state index contributed by atoms with van der Waals surface area (Å²) in [6.45, 7) is 13.4. The maximum absolute atomic E-state index is 11.9. The zero-order valence-corrected chi connectivity index (χ0v) is 11.9. The molecule has 0 aliphatic heterocycles. The van der Waals surface area contributed by atoms with E-state index in [0.717, 1.165) is 13.0 Å². The van der Waals surface area contributed by atoms with Gasteiger partial charge in [-0.2, -0.15) is 0 Å². The summed E-state index contributed by atoms with van der Waals surface area (Å²) in [5.41, 5.74) is 0.0837. The van der Waals surface area contributed by atoms with Gasteiger partial charge in [-0.25, -0.2) is 0 Å². The highest BCUT2D eigenvalue weighted by molar-refractivity contribution is 5.79. The molecule has 96 valence electrons. The highest BCUT2D eigenvalue weighted by atomic mass is 16.2. The lowest BCUT2D eigenvalue weighted by Crippen LogP contribution is -2.48. The third-order valence-electron chi connectivity index (χ3n) is 2.39. The molecule has 0 spiro atoms. The van der Waals surface area contributed by atoms with Crippen molar-refractivity contribution >= 4 is 5.91 Å². The Kier molecular flexibility index (Phi) is 5.47. The van der Waals surface area contributed by atoms with Crippen molar-refractivity contribution < 1.29 is 4.79 Å². The van der Waals surface area contributed by atoms with Gasteiger partial charge in [0.2, 0.25) is 5.91 Å². The van der Waals surface area contributed by atoms with Crippen LogP contribution in [0.2, 0.25) is 0 Å². The molecule has 0 aromatic heterocycles. The van der Waals surface area contributed by atoms with Gasteiger partial charge in [0.15, 0.2) is 0 Å². The lowest BCUT2D eigenvalue weighted by Gasteiger charge is -2.34. The van der Waals surface area contributed by atoms with Crippen LogP contribution in [0.4, 0.5) is 0 Å². The molecule has 0 fully saturated rings. The van der Waals surface area contributed by atoms with Crippen LogP contribution in [-0.4, -0.2) is 25.0 Å². The number of hydrogen-bond acceptors (Lipinski definition) is 2. The van der Waals surface area contributed by atoms with E-state index in [1.807, 2.05) is 14.0 Å². The fourth-order valence-corrected chi connectivity index (χ4v) is 2.23. The predicted octanol–water partition coefficient (Wildman–Crippen LogP) is 2.17. The number of rotatable bonds is 5. The maximum atomic E-state index is 11.9. The second-order valence-electron chi connectivity index (χ2n) is 6.57. The van der Waals surface area contributed by atoms with Gasteiger partial charge >= 0.3 is 0 Å². The standard InChI is InChI=1S/C13H28N2O/c1-10(8-14-7)11(16)15-13(5,6)9-12(2,3)4/h10,14H,8-9H2,1-7H3,(H,15,16). The molecule has 0 saturated carbocycles. The Bertz CT molecular complexity index is 229. The van der Waals surface area contributed by atoms with E-state index >= 15 is 0 Å². The second kappa shape index (κ2) is 5.67. The van der Waals surface area contributed by atoms with Gasteiger partial charge in [0.25, 0.3) is 0 Å². The lowest BCUT2D eigenvalue weighted by molar-refractivity contribution is -0.126. The van der Waals surface area contributed by atoms with Crippen LogP contribution in [0.15, 0.2) is 0 Å². The molecule has 1 amide bonds.